The van der Waals surface area contributed by atoms with Gasteiger partial charge in [0, 0.05) is 18.5 Å². The van der Waals surface area contributed by atoms with Crippen LogP contribution in [-0.4, -0.2) is 27.8 Å². The third-order valence-corrected chi connectivity index (χ3v) is 3.64. The fourth-order valence-electron chi connectivity index (χ4n) is 2.70. The first-order valence-electron chi connectivity index (χ1n) is 6.74. The monoisotopic (exact) mass is 268 g/mol. The van der Waals surface area contributed by atoms with Gasteiger partial charge in [0.2, 0.25) is 0 Å². The molecule has 0 aliphatic heterocycles. The zero-order chi connectivity index (χ0) is 14.7. The van der Waals surface area contributed by atoms with Crippen molar-refractivity contribution in [2.24, 2.45) is 5.92 Å². The molecule has 0 aliphatic rings. The van der Waals surface area contributed by atoms with Gasteiger partial charge in [0.15, 0.2) is 0 Å². The van der Waals surface area contributed by atoms with Crippen LogP contribution in [0.3, 0.4) is 0 Å². The minimum atomic E-state index is -0.304. The van der Waals surface area contributed by atoms with E-state index >= 15 is 0 Å². The minimum absolute atomic E-state index is 0.0616. The lowest BCUT2D eigenvalue weighted by atomic mass is 9.85. The molecular formula is C13H24N4O2. The van der Waals surface area contributed by atoms with E-state index in [-0.39, 0.29) is 22.6 Å². The molecule has 2 atom stereocenters. The van der Waals surface area contributed by atoms with Crippen LogP contribution in [0.1, 0.15) is 45.0 Å². The smallest absolute Gasteiger partial charge is 0.313 e. The molecule has 0 radical (unpaired) electrons. The van der Waals surface area contributed by atoms with Gasteiger partial charge in [-0.2, -0.15) is 5.10 Å². The van der Waals surface area contributed by atoms with Crippen molar-refractivity contribution in [2.75, 3.05) is 7.05 Å². The fourth-order valence-corrected chi connectivity index (χ4v) is 2.70. The standard InChI is InChI=1S/C13H24N4O2/c1-7-16-13(11(8(2)3)9(4)14-6)12(17(18)19)10(5)15-16/h8-9,11,14H,7H2,1-6H3. The molecule has 1 aromatic heterocycles. The van der Waals surface area contributed by atoms with Gasteiger partial charge in [-0.05, 0) is 33.7 Å². The van der Waals surface area contributed by atoms with Gasteiger partial charge in [-0.25, -0.2) is 0 Å². The van der Waals surface area contributed by atoms with Crippen LogP contribution >= 0.6 is 0 Å². The van der Waals surface area contributed by atoms with E-state index < -0.39 is 0 Å². The summed E-state index contributed by atoms with van der Waals surface area (Å²) < 4.78 is 1.77. The van der Waals surface area contributed by atoms with Gasteiger partial charge < -0.3 is 5.32 Å². The summed E-state index contributed by atoms with van der Waals surface area (Å²) in [5, 5.41) is 18.9. The number of hydrogen-bond donors (Lipinski definition) is 1. The first-order chi connectivity index (χ1) is 8.84. The molecular weight excluding hydrogens is 244 g/mol. The molecule has 0 aliphatic carbocycles. The SMILES string of the molecule is CCn1nc(C)c([N+](=O)[O-])c1C(C(C)C)C(C)NC. The molecule has 0 fully saturated rings. The number of nitro groups is 1. The summed E-state index contributed by atoms with van der Waals surface area (Å²) in [6.07, 6.45) is 0. The highest BCUT2D eigenvalue weighted by Crippen LogP contribution is 2.36. The predicted molar refractivity (Wildman–Crippen MR) is 75.4 cm³/mol. The summed E-state index contributed by atoms with van der Waals surface area (Å²) in [7, 11) is 1.88. The number of likely N-dealkylation sites (N-methyl/N-ethyl adjacent to an activating group) is 1. The van der Waals surface area contributed by atoms with E-state index in [0.717, 1.165) is 5.69 Å². The molecule has 0 aromatic carbocycles. The van der Waals surface area contributed by atoms with Gasteiger partial charge in [0.25, 0.3) is 0 Å². The second-order valence-corrected chi connectivity index (χ2v) is 5.24. The van der Waals surface area contributed by atoms with Crippen LogP contribution in [0.15, 0.2) is 0 Å². The van der Waals surface area contributed by atoms with Crippen LogP contribution in [0.2, 0.25) is 0 Å². The Balaban J connectivity index is 3.47. The maximum Gasteiger partial charge on any atom is 0.313 e. The first-order valence-corrected chi connectivity index (χ1v) is 6.74. The molecule has 0 spiro atoms. The van der Waals surface area contributed by atoms with Gasteiger partial charge >= 0.3 is 5.69 Å². The molecule has 19 heavy (non-hydrogen) atoms. The van der Waals surface area contributed by atoms with Crippen molar-refractivity contribution in [1.29, 1.82) is 0 Å². The van der Waals surface area contributed by atoms with Crippen molar-refractivity contribution in [1.82, 2.24) is 15.1 Å². The van der Waals surface area contributed by atoms with E-state index in [1.807, 2.05) is 14.0 Å². The van der Waals surface area contributed by atoms with Crippen LogP contribution in [0.4, 0.5) is 5.69 Å². The highest BCUT2D eigenvalue weighted by Gasteiger charge is 2.34. The zero-order valence-electron chi connectivity index (χ0n) is 12.6. The van der Waals surface area contributed by atoms with E-state index in [2.05, 4.69) is 31.2 Å². The predicted octanol–water partition coefficient (Wildman–Crippen LogP) is 2.47. The minimum Gasteiger partial charge on any atom is -0.317 e. The highest BCUT2D eigenvalue weighted by molar-refractivity contribution is 5.43. The second-order valence-electron chi connectivity index (χ2n) is 5.24. The van der Waals surface area contributed by atoms with Gasteiger partial charge in [0.1, 0.15) is 11.4 Å². The Hall–Kier alpha value is -1.43. The van der Waals surface area contributed by atoms with Gasteiger partial charge in [-0.15, -0.1) is 0 Å². The summed E-state index contributed by atoms with van der Waals surface area (Å²) in [5.41, 5.74) is 1.40. The third kappa shape index (κ3) is 2.94. The number of nitrogens with one attached hydrogen (secondary N) is 1. The van der Waals surface area contributed by atoms with Crippen LogP contribution < -0.4 is 5.32 Å². The molecule has 0 amide bonds. The number of nitrogens with zero attached hydrogens (tertiary/aromatic N) is 3. The van der Waals surface area contributed by atoms with E-state index in [9.17, 15) is 10.1 Å². The number of rotatable bonds is 6. The average molecular weight is 268 g/mol. The van der Waals surface area contributed by atoms with E-state index in [1.54, 1.807) is 11.6 Å². The molecule has 6 heteroatoms. The van der Waals surface area contributed by atoms with Crippen molar-refractivity contribution >= 4 is 5.69 Å². The molecule has 1 heterocycles. The first kappa shape index (κ1) is 15.6. The van der Waals surface area contributed by atoms with Crippen molar-refractivity contribution in [3.05, 3.63) is 21.5 Å². The van der Waals surface area contributed by atoms with Crippen molar-refractivity contribution in [2.45, 2.75) is 53.1 Å². The Morgan fingerprint density at radius 3 is 2.37 bits per heavy atom. The Morgan fingerprint density at radius 2 is 2.00 bits per heavy atom. The molecule has 2 unspecified atom stereocenters. The Bertz CT molecular complexity index is 454. The van der Waals surface area contributed by atoms with Crippen LogP contribution in [0, 0.1) is 23.0 Å². The fraction of sp³-hybridized carbons (Fsp3) is 0.769. The van der Waals surface area contributed by atoms with E-state index in [0.29, 0.717) is 18.2 Å². The molecule has 0 saturated carbocycles. The van der Waals surface area contributed by atoms with Crippen LogP contribution in [0.5, 0.6) is 0 Å². The molecule has 1 rings (SSSR count). The average Bonchev–Trinajstić information content (AvgIpc) is 2.65. The Labute approximate surface area is 114 Å². The lowest BCUT2D eigenvalue weighted by molar-refractivity contribution is -0.386. The van der Waals surface area contributed by atoms with E-state index in [4.69, 9.17) is 0 Å². The molecule has 0 bridgehead atoms. The summed E-state index contributed by atoms with van der Waals surface area (Å²) in [4.78, 5) is 11.0. The second kappa shape index (κ2) is 6.14. The van der Waals surface area contributed by atoms with Crippen LogP contribution in [0.25, 0.3) is 0 Å². The maximum atomic E-state index is 11.3. The van der Waals surface area contributed by atoms with Crippen molar-refractivity contribution in [3.63, 3.8) is 0 Å². The largest absolute Gasteiger partial charge is 0.317 e. The van der Waals surface area contributed by atoms with Gasteiger partial charge in [0.05, 0.1) is 4.92 Å². The van der Waals surface area contributed by atoms with Gasteiger partial charge in [-0.3, -0.25) is 14.8 Å². The lowest BCUT2D eigenvalue weighted by Crippen LogP contribution is -2.33. The summed E-state index contributed by atoms with van der Waals surface area (Å²) in [6.45, 7) is 10.5. The van der Waals surface area contributed by atoms with Crippen LogP contribution in [-0.2, 0) is 6.54 Å². The molecule has 1 aromatic rings. The summed E-state index contributed by atoms with van der Waals surface area (Å²) in [5.74, 6) is 0.356. The number of aromatic nitrogens is 2. The lowest BCUT2D eigenvalue weighted by Gasteiger charge is -2.27. The topological polar surface area (TPSA) is 73.0 Å². The Morgan fingerprint density at radius 1 is 1.42 bits per heavy atom. The third-order valence-electron chi connectivity index (χ3n) is 3.64. The molecule has 0 saturated heterocycles. The quantitative estimate of drug-likeness (QED) is 0.635. The molecule has 1 N–H and O–H groups in total. The normalized spacial score (nSPS) is 14.7. The Kier molecular flexibility index (Phi) is 5.05. The van der Waals surface area contributed by atoms with E-state index in [1.165, 1.54) is 0 Å². The molecule has 108 valence electrons. The number of aryl methyl sites for hydroxylation is 2. The molecule has 6 nitrogen and oxygen atoms in total. The highest BCUT2D eigenvalue weighted by atomic mass is 16.6. The van der Waals surface area contributed by atoms with Gasteiger partial charge in [-0.1, -0.05) is 13.8 Å². The summed E-state index contributed by atoms with van der Waals surface area (Å²) in [6, 6.07) is 0.153. The number of hydrogen-bond acceptors (Lipinski definition) is 4. The summed E-state index contributed by atoms with van der Waals surface area (Å²) >= 11 is 0. The maximum absolute atomic E-state index is 11.3. The van der Waals surface area contributed by atoms with Crippen molar-refractivity contribution in [3.8, 4) is 0 Å². The zero-order valence-corrected chi connectivity index (χ0v) is 12.6. The van der Waals surface area contributed by atoms with Crippen molar-refractivity contribution < 1.29 is 4.92 Å².